The van der Waals surface area contributed by atoms with E-state index in [0.717, 1.165) is 53.6 Å². The van der Waals surface area contributed by atoms with E-state index in [1.54, 1.807) is 0 Å². The maximum absolute atomic E-state index is 13.1. The number of pyridine rings is 1. The Hall–Kier alpha value is -3.29. The number of aromatic amines is 1. The third kappa shape index (κ3) is 3.65. The van der Waals surface area contributed by atoms with Crippen molar-refractivity contribution in [3.05, 3.63) is 59.3 Å². The van der Waals surface area contributed by atoms with Crippen molar-refractivity contribution >= 4 is 27.7 Å². The third-order valence-corrected chi connectivity index (χ3v) is 7.37. The minimum absolute atomic E-state index is 0.0750. The smallest absolute Gasteiger partial charge is 0.253 e. The average Bonchev–Trinajstić information content (AvgIpc) is 3.37. The van der Waals surface area contributed by atoms with Crippen LogP contribution in [-0.4, -0.2) is 75.3 Å². The molecule has 2 aromatic heterocycles. The van der Waals surface area contributed by atoms with Crippen LogP contribution in [0.25, 0.3) is 33.1 Å². The van der Waals surface area contributed by atoms with Crippen molar-refractivity contribution in [1.29, 1.82) is 0 Å². The highest BCUT2D eigenvalue weighted by Gasteiger charge is 2.23. The van der Waals surface area contributed by atoms with E-state index < -0.39 is 0 Å². The molecule has 4 aromatic rings. The number of nitrogens with one attached hydrogen (secondary N) is 1. The molecule has 0 atom stereocenters. The lowest BCUT2D eigenvalue weighted by Crippen LogP contribution is -2.49. The molecule has 1 aliphatic carbocycles. The van der Waals surface area contributed by atoms with Crippen LogP contribution in [0.2, 0.25) is 0 Å². The molecule has 0 bridgehead atoms. The van der Waals surface area contributed by atoms with Gasteiger partial charge in [0.1, 0.15) is 0 Å². The molecule has 174 valence electrons. The topological polar surface area (TPSA) is 85.4 Å². The first-order valence-electron chi connectivity index (χ1n) is 12.2. The maximum atomic E-state index is 13.1. The summed E-state index contributed by atoms with van der Waals surface area (Å²) in [6.45, 7) is 3.84. The van der Waals surface area contributed by atoms with Gasteiger partial charge in [0.15, 0.2) is 0 Å². The van der Waals surface area contributed by atoms with Gasteiger partial charge in [0.25, 0.3) is 5.91 Å². The van der Waals surface area contributed by atoms with Gasteiger partial charge in [-0.2, -0.15) is 5.10 Å². The number of aliphatic hydroxyl groups excluding tert-OH is 1. The molecule has 7 heteroatoms. The molecule has 1 amide bonds. The number of H-pyrrole nitrogens is 1. The molecule has 0 radical (unpaired) electrons. The number of aliphatic hydroxyl groups is 1. The fraction of sp³-hybridized carbons (Fsp3) is 0.370. The molecule has 3 heterocycles. The van der Waals surface area contributed by atoms with Gasteiger partial charge in [-0.1, -0.05) is 12.1 Å². The van der Waals surface area contributed by atoms with Crippen molar-refractivity contribution in [1.82, 2.24) is 25.0 Å². The summed E-state index contributed by atoms with van der Waals surface area (Å²) in [6, 6.07) is 12.1. The van der Waals surface area contributed by atoms with Gasteiger partial charge in [-0.25, -0.2) is 4.98 Å². The number of benzene rings is 2. The second-order valence-corrected chi connectivity index (χ2v) is 9.35. The highest BCUT2D eigenvalue weighted by atomic mass is 16.3. The molecule has 0 unspecified atom stereocenters. The second-order valence-electron chi connectivity index (χ2n) is 9.35. The first kappa shape index (κ1) is 21.3. The van der Waals surface area contributed by atoms with Gasteiger partial charge in [0.05, 0.1) is 29.5 Å². The first-order valence-corrected chi connectivity index (χ1v) is 12.2. The number of carbonyl (C=O) groups excluding carboxylic acids is 1. The summed E-state index contributed by atoms with van der Waals surface area (Å²) in [4.78, 5) is 22.3. The van der Waals surface area contributed by atoms with E-state index in [-0.39, 0.29) is 12.5 Å². The van der Waals surface area contributed by atoms with Crippen LogP contribution in [-0.2, 0) is 12.8 Å². The van der Waals surface area contributed by atoms with Gasteiger partial charge in [0, 0.05) is 54.6 Å². The van der Waals surface area contributed by atoms with Gasteiger partial charge in [0.2, 0.25) is 0 Å². The first-order chi connectivity index (χ1) is 16.7. The lowest BCUT2D eigenvalue weighted by atomic mass is 9.85. The predicted molar refractivity (Wildman–Crippen MR) is 133 cm³/mol. The molecule has 1 aliphatic heterocycles. The number of fused-ring (bicyclic) bond motifs is 5. The van der Waals surface area contributed by atoms with Crippen molar-refractivity contribution in [3.8, 4) is 11.3 Å². The standard InChI is InChI=1S/C27H29N5O2/c33-16-15-31-11-13-32(14-12-31)27(34)19-7-5-18(6-8-19)26-21-4-2-1-3-20(21)25-22-17-28-30-23(22)9-10-24(25)29-26/h5-10,17,33H,1-4,11-16H2,(H,28,30). The summed E-state index contributed by atoms with van der Waals surface area (Å²) in [5, 5.41) is 18.9. The molecule has 1 fully saturated rings. The van der Waals surface area contributed by atoms with Crippen molar-refractivity contribution < 1.29 is 9.90 Å². The molecular formula is C27H29N5O2. The predicted octanol–water partition coefficient (Wildman–Crippen LogP) is 3.41. The Morgan fingerprint density at radius 2 is 1.74 bits per heavy atom. The number of piperazine rings is 1. The molecule has 0 spiro atoms. The number of hydrogen-bond donors (Lipinski definition) is 2. The van der Waals surface area contributed by atoms with Crippen molar-refractivity contribution in [2.45, 2.75) is 25.7 Å². The van der Waals surface area contributed by atoms with Crippen LogP contribution in [0.15, 0.2) is 42.6 Å². The molecule has 0 saturated carbocycles. The molecule has 34 heavy (non-hydrogen) atoms. The zero-order valence-corrected chi connectivity index (χ0v) is 19.3. The molecule has 2 N–H and O–H groups in total. The Morgan fingerprint density at radius 1 is 0.971 bits per heavy atom. The van der Waals surface area contributed by atoms with Gasteiger partial charge >= 0.3 is 0 Å². The van der Waals surface area contributed by atoms with Crippen molar-refractivity contribution in [2.24, 2.45) is 0 Å². The Bertz CT molecular complexity index is 1350. The zero-order chi connectivity index (χ0) is 23.1. The fourth-order valence-electron chi connectivity index (χ4n) is 5.55. The van der Waals surface area contributed by atoms with Crippen LogP contribution in [0, 0.1) is 0 Å². The Balaban J connectivity index is 1.32. The second kappa shape index (κ2) is 8.81. The Kier molecular flexibility index (Phi) is 5.51. The SMILES string of the molecule is O=C(c1ccc(-c2nc3ccc4[nH]ncc4c3c3c2CCCC3)cc1)N1CCN(CCO)CC1. The average molecular weight is 456 g/mol. The number of aryl methyl sites for hydroxylation is 1. The maximum Gasteiger partial charge on any atom is 0.253 e. The van der Waals surface area contributed by atoms with Crippen LogP contribution in [0.3, 0.4) is 0 Å². The van der Waals surface area contributed by atoms with E-state index in [2.05, 4.69) is 39.4 Å². The quantitative estimate of drug-likeness (QED) is 0.493. The Labute approximate surface area is 198 Å². The summed E-state index contributed by atoms with van der Waals surface area (Å²) in [5.41, 5.74) is 7.62. The van der Waals surface area contributed by atoms with E-state index in [4.69, 9.17) is 10.1 Å². The van der Waals surface area contributed by atoms with Crippen molar-refractivity contribution in [2.75, 3.05) is 39.3 Å². The monoisotopic (exact) mass is 455 g/mol. The van der Waals surface area contributed by atoms with E-state index in [1.165, 1.54) is 29.4 Å². The van der Waals surface area contributed by atoms with E-state index >= 15 is 0 Å². The van der Waals surface area contributed by atoms with Gasteiger partial charge in [-0.3, -0.25) is 14.8 Å². The molecule has 6 rings (SSSR count). The minimum atomic E-state index is 0.0750. The largest absolute Gasteiger partial charge is 0.395 e. The molecular weight excluding hydrogens is 426 g/mol. The van der Waals surface area contributed by atoms with Gasteiger partial charge in [-0.05, 0) is 61.1 Å². The summed E-state index contributed by atoms with van der Waals surface area (Å²) in [7, 11) is 0. The van der Waals surface area contributed by atoms with E-state index in [9.17, 15) is 4.79 Å². The van der Waals surface area contributed by atoms with Crippen LogP contribution >= 0.6 is 0 Å². The molecule has 7 nitrogen and oxygen atoms in total. The third-order valence-electron chi connectivity index (χ3n) is 7.37. The summed E-state index contributed by atoms with van der Waals surface area (Å²) in [5.74, 6) is 0.0750. The van der Waals surface area contributed by atoms with Crippen LogP contribution in [0.4, 0.5) is 0 Å². The number of carbonyl (C=O) groups is 1. The number of aromatic nitrogens is 3. The fourth-order valence-corrected chi connectivity index (χ4v) is 5.55. The van der Waals surface area contributed by atoms with E-state index in [0.29, 0.717) is 25.2 Å². The molecule has 2 aliphatic rings. The van der Waals surface area contributed by atoms with Gasteiger partial charge in [-0.15, -0.1) is 0 Å². The number of amides is 1. The zero-order valence-electron chi connectivity index (χ0n) is 19.3. The summed E-state index contributed by atoms with van der Waals surface area (Å²) >= 11 is 0. The normalized spacial score (nSPS) is 16.8. The van der Waals surface area contributed by atoms with Crippen LogP contribution in [0.1, 0.15) is 34.3 Å². The molecule has 2 aromatic carbocycles. The highest BCUT2D eigenvalue weighted by Crippen LogP contribution is 2.37. The van der Waals surface area contributed by atoms with Crippen LogP contribution < -0.4 is 0 Å². The van der Waals surface area contributed by atoms with Crippen LogP contribution in [0.5, 0.6) is 0 Å². The Morgan fingerprint density at radius 3 is 2.50 bits per heavy atom. The number of rotatable bonds is 4. The summed E-state index contributed by atoms with van der Waals surface area (Å²) < 4.78 is 0. The van der Waals surface area contributed by atoms with Gasteiger partial charge < -0.3 is 10.0 Å². The number of nitrogens with zero attached hydrogens (tertiary/aromatic N) is 4. The lowest BCUT2D eigenvalue weighted by Gasteiger charge is -2.34. The summed E-state index contributed by atoms with van der Waals surface area (Å²) in [6.07, 6.45) is 6.37. The van der Waals surface area contributed by atoms with Crippen molar-refractivity contribution in [3.63, 3.8) is 0 Å². The van der Waals surface area contributed by atoms with E-state index in [1.807, 2.05) is 23.2 Å². The number of hydrogen-bond acceptors (Lipinski definition) is 5. The minimum Gasteiger partial charge on any atom is -0.395 e. The lowest BCUT2D eigenvalue weighted by molar-refractivity contribution is 0.0615. The molecule has 1 saturated heterocycles. The highest BCUT2D eigenvalue weighted by molar-refractivity contribution is 6.07. The number of β-amino-alcohol motifs (C(OH)–C–C–N with tert-alkyl or cyclic N) is 1.